The van der Waals surface area contributed by atoms with E-state index in [9.17, 15) is 19.5 Å². The van der Waals surface area contributed by atoms with E-state index >= 15 is 0 Å². The second kappa shape index (κ2) is 41.0. The number of hydrogen-bond donors (Lipinski definition) is 1. The molecule has 0 radical (unpaired) electrons. The minimum Gasteiger partial charge on any atom is -0.477 e. The summed E-state index contributed by atoms with van der Waals surface area (Å²) < 4.78 is 17.2. The topological polar surface area (TPSA) is 99.1 Å². The molecule has 0 rings (SSSR count). The Balaban J connectivity index is 4.36. The molecule has 8 nitrogen and oxygen atoms in total. The maximum absolute atomic E-state index is 12.7. The van der Waals surface area contributed by atoms with E-state index in [0.29, 0.717) is 25.7 Å². The first kappa shape index (κ1) is 55.2. The molecule has 0 spiro atoms. The minimum atomic E-state index is -0.887. The van der Waals surface area contributed by atoms with Gasteiger partial charge in [0.15, 0.2) is 12.1 Å². The first-order valence-electron chi connectivity index (χ1n) is 22.8. The van der Waals surface area contributed by atoms with E-state index in [1.165, 1.54) is 19.3 Å². The number of carbonyl (C=O) groups is 3. The lowest BCUT2D eigenvalue weighted by Crippen LogP contribution is -2.50. The Morgan fingerprint density at radius 3 is 1.36 bits per heavy atom. The minimum absolute atomic E-state index is 0.0380. The molecule has 0 amide bonds. The first-order valence-corrected chi connectivity index (χ1v) is 22.8. The molecule has 0 saturated carbocycles. The second-order valence-corrected chi connectivity index (χ2v) is 15.9. The smallest absolute Gasteiger partial charge is 0.362 e. The van der Waals surface area contributed by atoms with Gasteiger partial charge >= 0.3 is 17.9 Å². The van der Waals surface area contributed by atoms with Crippen LogP contribution in [0.1, 0.15) is 155 Å². The fraction of sp³-hybridized carbons (Fsp3) is 0.627. The Labute approximate surface area is 360 Å². The Kier molecular flexibility index (Phi) is 38.4. The van der Waals surface area contributed by atoms with Crippen LogP contribution in [0.15, 0.2) is 97.2 Å². The molecule has 59 heavy (non-hydrogen) atoms. The van der Waals surface area contributed by atoms with Gasteiger partial charge in [-0.2, -0.15) is 0 Å². The number of rotatable bonds is 39. The molecule has 0 bridgehead atoms. The summed E-state index contributed by atoms with van der Waals surface area (Å²) in [6, 6.07) is -0.628. The van der Waals surface area contributed by atoms with Crippen molar-refractivity contribution in [2.24, 2.45) is 0 Å². The van der Waals surface area contributed by atoms with E-state index in [-0.39, 0.29) is 36.2 Å². The van der Waals surface area contributed by atoms with Gasteiger partial charge < -0.3 is 23.8 Å². The average molecular weight is 823 g/mol. The molecule has 0 aromatic rings. The third-order valence-corrected chi connectivity index (χ3v) is 9.48. The molecule has 0 fully saturated rings. The van der Waals surface area contributed by atoms with Crippen molar-refractivity contribution in [2.45, 2.75) is 167 Å². The number of carbonyl (C=O) groups excluding carboxylic acids is 2. The molecule has 8 heteroatoms. The molecular formula is C51H84NO7+. The van der Waals surface area contributed by atoms with Crippen molar-refractivity contribution in [3.63, 3.8) is 0 Å². The van der Waals surface area contributed by atoms with Crippen molar-refractivity contribution in [1.29, 1.82) is 0 Å². The van der Waals surface area contributed by atoms with E-state index in [4.69, 9.17) is 14.2 Å². The van der Waals surface area contributed by atoms with Crippen LogP contribution >= 0.6 is 0 Å². The lowest BCUT2D eigenvalue weighted by Gasteiger charge is -2.31. The number of allylic oxidation sites excluding steroid dienone is 16. The number of ether oxygens (including phenoxy) is 3. The summed E-state index contributed by atoms with van der Waals surface area (Å²) in [5.41, 5.74) is 0. The number of aliphatic carboxylic acids is 1. The van der Waals surface area contributed by atoms with Crippen LogP contribution in [0.2, 0.25) is 0 Å². The zero-order chi connectivity index (χ0) is 43.5. The van der Waals surface area contributed by atoms with Gasteiger partial charge in [0.05, 0.1) is 34.4 Å². The fourth-order valence-electron chi connectivity index (χ4n) is 6.01. The van der Waals surface area contributed by atoms with Gasteiger partial charge in [-0.25, -0.2) is 4.79 Å². The number of likely N-dealkylation sites (N-methyl/N-ethyl adjacent to an activating group) is 1. The molecular weight excluding hydrogens is 739 g/mol. The first-order chi connectivity index (χ1) is 28.6. The highest BCUT2D eigenvalue weighted by Crippen LogP contribution is 2.13. The largest absolute Gasteiger partial charge is 0.477 e. The summed E-state index contributed by atoms with van der Waals surface area (Å²) in [4.78, 5) is 37.0. The van der Waals surface area contributed by atoms with Gasteiger partial charge in [-0.3, -0.25) is 9.59 Å². The summed E-state index contributed by atoms with van der Waals surface area (Å²) in [6.07, 6.45) is 54.6. The molecule has 2 atom stereocenters. The number of hydrogen-bond acceptors (Lipinski definition) is 6. The monoisotopic (exact) mass is 823 g/mol. The highest BCUT2D eigenvalue weighted by atomic mass is 16.6. The van der Waals surface area contributed by atoms with Gasteiger partial charge in [0.2, 0.25) is 0 Å². The Bertz CT molecular complexity index is 1280. The molecule has 2 unspecified atom stereocenters. The predicted molar refractivity (Wildman–Crippen MR) is 247 cm³/mol. The van der Waals surface area contributed by atoms with Gasteiger partial charge in [0, 0.05) is 19.3 Å². The Morgan fingerprint density at radius 2 is 0.898 bits per heavy atom. The van der Waals surface area contributed by atoms with Crippen molar-refractivity contribution >= 4 is 17.9 Å². The quantitative estimate of drug-likeness (QED) is 0.0285. The Morgan fingerprint density at radius 1 is 0.508 bits per heavy atom. The number of carboxylic acid groups (broad SMARTS) is 1. The molecule has 0 aromatic heterocycles. The van der Waals surface area contributed by atoms with Crippen LogP contribution in [0.4, 0.5) is 0 Å². The lowest BCUT2D eigenvalue weighted by molar-refractivity contribution is -0.887. The predicted octanol–water partition coefficient (Wildman–Crippen LogP) is 12.7. The summed E-state index contributed by atoms with van der Waals surface area (Å²) in [7, 11) is 5.50. The van der Waals surface area contributed by atoms with Crippen molar-refractivity contribution in [1.82, 2.24) is 0 Å². The van der Waals surface area contributed by atoms with Crippen molar-refractivity contribution in [2.75, 3.05) is 41.0 Å². The maximum atomic E-state index is 12.7. The number of nitrogens with zero attached hydrogens (tertiary/aromatic N) is 1. The van der Waals surface area contributed by atoms with Crippen LogP contribution in [-0.4, -0.2) is 80.6 Å². The summed E-state index contributed by atoms with van der Waals surface area (Å²) in [5, 5.41) is 9.62. The normalized spacial score (nSPS) is 13.8. The molecule has 334 valence electrons. The number of unbranched alkanes of at least 4 members (excludes halogenated alkanes) is 9. The van der Waals surface area contributed by atoms with Crippen LogP contribution in [0.25, 0.3) is 0 Å². The van der Waals surface area contributed by atoms with Gasteiger partial charge in [0.1, 0.15) is 6.61 Å². The fourth-order valence-corrected chi connectivity index (χ4v) is 6.01. The van der Waals surface area contributed by atoms with E-state index in [0.717, 1.165) is 96.3 Å². The highest BCUT2D eigenvalue weighted by Gasteiger charge is 2.31. The average Bonchev–Trinajstić information content (AvgIpc) is 3.19. The van der Waals surface area contributed by atoms with Crippen molar-refractivity contribution in [3.8, 4) is 0 Å². The standard InChI is InChI=1S/C51H83NO7/c1-6-8-10-12-14-16-18-20-21-22-23-24-25-26-27-28-29-30-32-34-36-38-40-42-50(54)59-47(45-57-44-43-48(51(55)56)52(3,4)5)46-58-49(53)41-39-37-35-33-31-19-17-15-13-11-9-7-2/h8-11,14-17,20-21,23-24,26-27,31,33,47-48H,6-7,12-13,18-19,22,25,28-30,32,34-46H2,1-5H3/p+1/b10-8+,11-9+,16-14+,17-15+,21-20+,24-23+,27-26+,33-31+. The number of esters is 2. The third kappa shape index (κ3) is 39.5. The Hall–Kier alpha value is -3.75. The summed E-state index contributed by atoms with van der Waals surface area (Å²) >= 11 is 0. The maximum Gasteiger partial charge on any atom is 0.362 e. The molecule has 0 saturated heterocycles. The summed E-state index contributed by atoms with van der Waals surface area (Å²) in [5.74, 6) is -1.55. The van der Waals surface area contributed by atoms with Gasteiger partial charge in [-0.1, -0.05) is 143 Å². The SMILES string of the molecule is CC/C=C/C/C=C/C/C=C/C/C=C/C/C=C/CCCCCCCCCC(=O)OC(COCCC(C(=O)O)[N+](C)(C)C)COC(=O)CCCC/C=C/C/C=C/C/C=C/CC. The van der Waals surface area contributed by atoms with Crippen molar-refractivity contribution < 1.29 is 38.2 Å². The van der Waals surface area contributed by atoms with E-state index < -0.39 is 18.1 Å². The molecule has 0 aliphatic carbocycles. The lowest BCUT2D eigenvalue weighted by atomic mass is 10.1. The number of carboxylic acids is 1. The van der Waals surface area contributed by atoms with Gasteiger partial charge in [0.25, 0.3) is 0 Å². The summed E-state index contributed by atoms with van der Waals surface area (Å²) in [6.45, 7) is 4.43. The van der Waals surface area contributed by atoms with Crippen LogP contribution in [0.3, 0.4) is 0 Å². The highest BCUT2D eigenvalue weighted by molar-refractivity contribution is 5.72. The van der Waals surface area contributed by atoms with E-state index in [2.05, 4.69) is 111 Å². The molecule has 0 aliphatic heterocycles. The molecule has 0 aliphatic rings. The zero-order valence-electron chi connectivity index (χ0n) is 37.9. The van der Waals surface area contributed by atoms with Crippen LogP contribution in [0, 0.1) is 0 Å². The molecule has 0 aromatic carbocycles. The van der Waals surface area contributed by atoms with Crippen molar-refractivity contribution in [3.05, 3.63) is 97.2 Å². The van der Waals surface area contributed by atoms with Crippen LogP contribution < -0.4 is 0 Å². The molecule has 0 heterocycles. The third-order valence-electron chi connectivity index (χ3n) is 9.48. The van der Waals surface area contributed by atoms with Gasteiger partial charge in [-0.15, -0.1) is 0 Å². The van der Waals surface area contributed by atoms with Crippen LogP contribution in [0.5, 0.6) is 0 Å². The van der Waals surface area contributed by atoms with Gasteiger partial charge in [-0.05, 0) is 89.9 Å². The van der Waals surface area contributed by atoms with E-state index in [1.54, 1.807) is 0 Å². The number of quaternary nitrogens is 1. The van der Waals surface area contributed by atoms with E-state index in [1.807, 2.05) is 21.1 Å². The zero-order valence-corrected chi connectivity index (χ0v) is 37.9. The second-order valence-electron chi connectivity index (χ2n) is 15.9. The van der Waals surface area contributed by atoms with Crippen LogP contribution in [-0.2, 0) is 28.6 Å². The molecule has 1 N–H and O–H groups in total.